The van der Waals surface area contributed by atoms with E-state index < -0.39 is 6.10 Å². The number of benzene rings is 2. The molecule has 0 spiro atoms. The zero-order valence-electron chi connectivity index (χ0n) is 15.7. The highest BCUT2D eigenvalue weighted by Gasteiger charge is 2.15. The van der Waals surface area contributed by atoms with E-state index >= 15 is 0 Å². The van der Waals surface area contributed by atoms with Crippen LogP contribution < -0.4 is 4.74 Å². The first kappa shape index (κ1) is 19.2. The highest BCUT2D eigenvalue weighted by atomic mass is 32.2. The van der Waals surface area contributed by atoms with E-state index in [-0.39, 0.29) is 12.4 Å². The highest BCUT2D eigenvalue weighted by molar-refractivity contribution is 7.99. The van der Waals surface area contributed by atoms with Gasteiger partial charge in [0.15, 0.2) is 5.78 Å². The number of H-pyrrole nitrogens is 1. The minimum Gasteiger partial charge on any atom is -0.491 e. The lowest BCUT2D eigenvalue weighted by Crippen LogP contribution is -2.20. The lowest BCUT2D eigenvalue weighted by molar-refractivity contribution is 0.101. The van der Waals surface area contributed by atoms with Gasteiger partial charge in [-0.2, -0.15) is 0 Å². The van der Waals surface area contributed by atoms with Gasteiger partial charge >= 0.3 is 0 Å². The Labute approximate surface area is 171 Å². The molecule has 2 aromatic heterocycles. The number of fused-ring (bicyclic) bond motifs is 1. The lowest BCUT2D eigenvalue weighted by Gasteiger charge is -2.11. The third-order valence-corrected chi connectivity index (χ3v) is 5.29. The van der Waals surface area contributed by atoms with Gasteiger partial charge in [-0.15, -0.1) is 10.2 Å². The van der Waals surface area contributed by atoms with Crippen LogP contribution >= 0.6 is 11.8 Å². The highest BCUT2D eigenvalue weighted by Crippen LogP contribution is 2.29. The standard InChI is InChI=1S/C21H19N3O4S/c1-13(25)14-6-8-16(9-7-14)27-11-15(26)12-29-21-24-23-20(28-21)18-10-22-19-5-3-2-4-17(18)19/h2-10,15,22,26H,11-12H2,1H3/t15-/m0/s1. The number of rotatable bonds is 8. The van der Waals surface area contributed by atoms with E-state index in [0.29, 0.717) is 28.2 Å². The molecule has 148 valence electrons. The molecule has 0 aliphatic carbocycles. The molecule has 4 aromatic rings. The predicted molar refractivity (Wildman–Crippen MR) is 110 cm³/mol. The zero-order chi connectivity index (χ0) is 20.2. The number of carbonyl (C=O) groups excluding carboxylic acids is 1. The second-order valence-corrected chi connectivity index (χ2v) is 7.45. The van der Waals surface area contributed by atoms with Crippen molar-refractivity contribution in [2.75, 3.05) is 12.4 Å². The summed E-state index contributed by atoms with van der Waals surface area (Å²) < 4.78 is 11.3. The van der Waals surface area contributed by atoms with Crippen molar-refractivity contribution < 1.29 is 19.1 Å². The molecule has 0 unspecified atom stereocenters. The van der Waals surface area contributed by atoms with Gasteiger partial charge in [-0.25, -0.2) is 0 Å². The Morgan fingerprint density at radius 1 is 1.21 bits per heavy atom. The summed E-state index contributed by atoms with van der Waals surface area (Å²) in [6, 6.07) is 14.7. The van der Waals surface area contributed by atoms with Crippen molar-refractivity contribution in [3.8, 4) is 17.2 Å². The maximum atomic E-state index is 11.3. The number of ether oxygens (including phenoxy) is 1. The Hall–Kier alpha value is -3.10. The quantitative estimate of drug-likeness (QED) is 0.336. The molecule has 2 heterocycles. The van der Waals surface area contributed by atoms with Crippen molar-refractivity contribution in [2.24, 2.45) is 0 Å². The molecule has 4 rings (SSSR count). The number of aromatic nitrogens is 3. The molecule has 1 atom stereocenters. The Morgan fingerprint density at radius 2 is 2.00 bits per heavy atom. The van der Waals surface area contributed by atoms with Crippen LogP contribution in [0.4, 0.5) is 0 Å². The fourth-order valence-corrected chi connectivity index (χ4v) is 3.49. The van der Waals surface area contributed by atoms with Crippen LogP contribution in [0.25, 0.3) is 22.4 Å². The number of ketones is 1. The molecule has 0 saturated carbocycles. The van der Waals surface area contributed by atoms with Crippen LogP contribution in [0.1, 0.15) is 17.3 Å². The van der Waals surface area contributed by atoms with Crippen molar-refractivity contribution >= 4 is 28.4 Å². The van der Waals surface area contributed by atoms with Crippen LogP contribution in [-0.4, -0.2) is 44.5 Å². The van der Waals surface area contributed by atoms with Gasteiger partial charge in [0.2, 0.25) is 0 Å². The Bertz CT molecular complexity index is 1120. The van der Waals surface area contributed by atoms with Gasteiger partial charge in [0.25, 0.3) is 11.1 Å². The summed E-state index contributed by atoms with van der Waals surface area (Å²) >= 11 is 1.27. The molecule has 0 fully saturated rings. The Balaban J connectivity index is 1.31. The number of aliphatic hydroxyl groups is 1. The molecule has 0 radical (unpaired) electrons. The van der Waals surface area contributed by atoms with Crippen molar-refractivity contribution in [2.45, 2.75) is 18.3 Å². The van der Waals surface area contributed by atoms with Gasteiger partial charge in [-0.3, -0.25) is 4.79 Å². The smallest absolute Gasteiger partial charge is 0.276 e. The molecule has 0 aliphatic rings. The monoisotopic (exact) mass is 409 g/mol. The summed E-state index contributed by atoms with van der Waals surface area (Å²) in [5.41, 5.74) is 2.47. The van der Waals surface area contributed by atoms with Crippen LogP contribution in [0, 0.1) is 0 Å². The topological polar surface area (TPSA) is 101 Å². The maximum Gasteiger partial charge on any atom is 0.276 e. The normalized spacial score (nSPS) is 12.2. The van der Waals surface area contributed by atoms with E-state index in [2.05, 4.69) is 15.2 Å². The summed E-state index contributed by atoms with van der Waals surface area (Å²) in [6.07, 6.45) is 1.13. The van der Waals surface area contributed by atoms with E-state index in [1.807, 2.05) is 30.5 Å². The number of nitrogens with zero attached hydrogens (tertiary/aromatic N) is 2. The number of aromatic amines is 1. The van der Waals surface area contributed by atoms with Gasteiger partial charge in [-0.1, -0.05) is 30.0 Å². The number of aliphatic hydroxyl groups excluding tert-OH is 1. The van der Waals surface area contributed by atoms with Crippen LogP contribution in [0.3, 0.4) is 0 Å². The van der Waals surface area contributed by atoms with Gasteiger partial charge in [0, 0.05) is 28.4 Å². The summed E-state index contributed by atoms with van der Waals surface area (Å²) in [5.74, 6) is 1.38. The molecule has 29 heavy (non-hydrogen) atoms. The molecule has 0 amide bonds. The predicted octanol–water partition coefficient (Wildman–Crippen LogP) is 3.95. The molecule has 7 nitrogen and oxygen atoms in total. The molecule has 0 saturated heterocycles. The third kappa shape index (κ3) is 4.49. The van der Waals surface area contributed by atoms with Crippen molar-refractivity contribution in [1.82, 2.24) is 15.2 Å². The second kappa shape index (κ2) is 8.50. The number of carbonyl (C=O) groups is 1. The van der Waals surface area contributed by atoms with E-state index in [4.69, 9.17) is 9.15 Å². The second-order valence-electron chi connectivity index (χ2n) is 6.48. The largest absolute Gasteiger partial charge is 0.491 e. The zero-order valence-corrected chi connectivity index (χ0v) is 16.5. The molecule has 0 bridgehead atoms. The van der Waals surface area contributed by atoms with E-state index in [9.17, 15) is 9.90 Å². The van der Waals surface area contributed by atoms with Gasteiger partial charge < -0.3 is 19.2 Å². The van der Waals surface area contributed by atoms with E-state index in [0.717, 1.165) is 16.5 Å². The summed E-state index contributed by atoms with van der Waals surface area (Å²) in [4.78, 5) is 14.5. The summed E-state index contributed by atoms with van der Waals surface area (Å²) in [5, 5.41) is 19.7. The summed E-state index contributed by atoms with van der Waals surface area (Å²) in [6.45, 7) is 1.63. The Kier molecular flexibility index (Phi) is 5.64. The first-order valence-electron chi connectivity index (χ1n) is 9.05. The van der Waals surface area contributed by atoms with Crippen LogP contribution in [0.15, 0.2) is 64.4 Å². The molecule has 2 aromatic carbocycles. The van der Waals surface area contributed by atoms with Gasteiger partial charge in [0.1, 0.15) is 12.4 Å². The lowest BCUT2D eigenvalue weighted by atomic mass is 10.1. The minimum absolute atomic E-state index is 0.000419. The number of hydrogen-bond acceptors (Lipinski definition) is 7. The number of para-hydroxylation sites is 1. The van der Waals surface area contributed by atoms with Crippen molar-refractivity contribution in [3.63, 3.8) is 0 Å². The number of Topliss-reactive ketones (excluding diaryl/α,β-unsaturated/α-hetero) is 1. The maximum absolute atomic E-state index is 11.3. The first-order chi connectivity index (χ1) is 14.1. The molecule has 0 aliphatic heterocycles. The van der Waals surface area contributed by atoms with Crippen LogP contribution in [-0.2, 0) is 0 Å². The molecule has 8 heteroatoms. The third-order valence-electron chi connectivity index (χ3n) is 4.33. The Morgan fingerprint density at radius 3 is 2.79 bits per heavy atom. The fourth-order valence-electron chi connectivity index (χ4n) is 2.82. The number of thioether (sulfide) groups is 1. The van der Waals surface area contributed by atoms with E-state index in [1.54, 1.807) is 24.3 Å². The fraction of sp³-hybridized carbons (Fsp3) is 0.190. The van der Waals surface area contributed by atoms with Crippen LogP contribution in [0.2, 0.25) is 0 Å². The minimum atomic E-state index is -0.712. The number of nitrogens with one attached hydrogen (secondary N) is 1. The molecular formula is C21H19N3O4S. The van der Waals surface area contributed by atoms with Gasteiger partial charge in [-0.05, 0) is 37.3 Å². The van der Waals surface area contributed by atoms with E-state index in [1.165, 1.54) is 18.7 Å². The SMILES string of the molecule is CC(=O)c1ccc(OC[C@H](O)CSc2nnc(-c3c[nH]c4ccccc34)o2)cc1. The van der Waals surface area contributed by atoms with Gasteiger partial charge in [0.05, 0.1) is 11.7 Å². The van der Waals surface area contributed by atoms with Crippen LogP contribution in [0.5, 0.6) is 5.75 Å². The number of hydrogen-bond donors (Lipinski definition) is 2. The van der Waals surface area contributed by atoms with Crippen molar-refractivity contribution in [1.29, 1.82) is 0 Å². The van der Waals surface area contributed by atoms with Crippen molar-refractivity contribution in [3.05, 3.63) is 60.3 Å². The molecular weight excluding hydrogens is 390 g/mol. The average Bonchev–Trinajstić information content (AvgIpc) is 3.37. The first-order valence-corrected chi connectivity index (χ1v) is 10.0. The molecule has 2 N–H and O–H groups in total. The average molecular weight is 409 g/mol. The summed E-state index contributed by atoms with van der Waals surface area (Å²) in [7, 11) is 0.